The number of nitrogens with zero attached hydrogens (tertiary/aromatic N) is 1. The Labute approximate surface area is 124 Å². The molecule has 1 aliphatic rings. The average molecular weight is 296 g/mol. The van der Waals surface area contributed by atoms with Gasteiger partial charge in [-0.25, -0.2) is 0 Å². The topological polar surface area (TPSA) is 38.5 Å². The fraction of sp³-hybridized carbons (Fsp3) is 0.500. The Morgan fingerprint density at radius 3 is 2.68 bits per heavy atom. The smallest absolute Gasteiger partial charge is 0.107 e. The van der Waals surface area contributed by atoms with Gasteiger partial charge in [-0.15, -0.1) is 11.8 Å². The number of hydrogen-bond acceptors (Lipinski definition) is 4. The third-order valence-electron chi connectivity index (χ3n) is 3.59. The minimum Gasteiger partial charge on any atom is -0.389 e. The summed E-state index contributed by atoms with van der Waals surface area (Å²) < 4.78 is 5.43. The Kier molecular flexibility index (Phi) is 5.07. The second-order valence-corrected chi connectivity index (χ2v) is 5.96. The van der Waals surface area contributed by atoms with Crippen molar-refractivity contribution in [2.45, 2.75) is 23.8 Å². The molecule has 2 rings (SSSR count). The molecule has 1 aromatic carbocycles. The van der Waals surface area contributed by atoms with Gasteiger partial charge in [-0.2, -0.15) is 0 Å². The van der Waals surface area contributed by atoms with Gasteiger partial charge in [0.1, 0.15) is 4.99 Å². The van der Waals surface area contributed by atoms with Gasteiger partial charge in [0.25, 0.3) is 0 Å². The van der Waals surface area contributed by atoms with E-state index < -0.39 is 0 Å². The van der Waals surface area contributed by atoms with Crippen molar-refractivity contribution in [3.8, 4) is 0 Å². The van der Waals surface area contributed by atoms with Crippen molar-refractivity contribution in [2.24, 2.45) is 5.73 Å². The fourth-order valence-corrected chi connectivity index (χ4v) is 3.41. The van der Waals surface area contributed by atoms with Crippen molar-refractivity contribution in [2.75, 3.05) is 31.4 Å². The van der Waals surface area contributed by atoms with Gasteiger partial charge in [-0.3, -0.25) is 0 Å². The first-order valence-electron chi connectivity index (χ1n) is 6.42. The van der Waals surface area contributed by atoms with E-state index in [-0.39, 0.29) is 0 Å². The molecule has 0 atom stereocenters. The molecule has 1 saturated heterocycles. The Morgan fingerprint density at radius 2 is 2.11 bits per heavy atom. The molecule has 2 N–H and O–H groups in total. The molecular formula is C14H20N2OS2. The van der Waals surface area contributed by atoms with Gasteiger partial charge in [0.2, 0.25) is 0 Å². The molecule has 1 fully saturated rings. The highest BCUT2D eigenvalue weighted by atomic mass is 32.2. The summed E-state index contributed by atoms with van der Waals surface area (Å²) >= 11 is 6.92. The summed E-state index contributed by atoms with van der Waals surface area (Å²) in [6.07, 6.45) is 4.16. The van der Waals surface area contributed by atoms with Gasteiger partial charge in [0.05, 0.1) is 0 Å². The monoisotopic (exact) mass is 296 g/mol. The molecule has 0 aromatic heterocycles. The fourth-order valence-electron chi connectivity index (χ4n) is 2.50. The summed E-state index contributed by atoms with van der Waals surface area (Å²) in [6, 6.07) is 6.74. The standard InChI is InChI=1S/C14H20N2OS2/c1-16(10-6-8-17-9-7-10)11-4-3-5-12(19-2)13(11)14(15)18/h3-5,10H,6-9H2,1-2H3,(H2,15,18). The Bertz CT molecular complexity index is 459. The lowest BCUT2D eigenvalue weighted by atomic mass is 10.0. The van der Waals surface area contributed by atoms with Crippen LogP contribution in [0.4, 0.5) is 5.69 Å². The lowest BCUT2D eigenvalue weighted by Gasteiger charge is -2.34. The van der Waals surface area contributed by atoms with Crippen molar-refractivity contribution < 1.29 is 4.74 Å². The van der Waals surface area contributed by atoms with Crippen LogP contribution in [0, 0.1) is 0 Å². The van der Waals surface area contributed by atoms with Crippen LogP contribution in [0.5, 0.6) is 0 Å². The zero-order valence-electron chi connectivity index (χ0n) is 11.4. The largest absolute Gasteiger partial charge is 0.389 e. The summed E-state index contributed by atoms with van der Waals surface area (Å²) in [5.74, 6) is 0. The second-order valence-electron chi connectivity index (χ2n) is 4.67. The molecule has 1 heterocycles. The molecule has 0 aliphatic carbocycles. The van der Waals surface area contributed by atoms with E-state index in [1.54, 1.807) is 11.8 Å². The van der Waals surface area contributed by atoms with Crippen LogP contribution in [0.2, 0.25) is 0 Å². The summed E-state index contributed by atoms with van der Waals surface area (Å²) in [7, 11) is 2.12. The van der Waals surface area contributed by atoms with E-state index in [1.165, 1.54) is 0 Å². The number of nitrogens with two attached hydrogens (primary N) is 1. The van der Waals surface area contributed by atoms with Crippen molar-refractivity contribution in [3.05, 3.63) is 23.8 Å². The number of anilines is 1. The number of ether oxygens (including phenoxy) is 1. The van der Waals surface area contributed by atoms with Crippen LogP contribution in [0.3, 0.4) is 0 Å². The molecule has 0 amide bonds. The predicted molar refractivity (Wildman–Crippen MR) is 86.4 cm³/mol. The Morgan fingerprint density at radius 1 is 1.42 bits per heavy atom. The van der Waals surface area contributed by atoms with E-state index in [0.717, 1.165) is 42.2 Å². The highest BCUT2D eigenvalue weighted by Crippen LogP contribution is 2.31. The minimum atomic E-state index is 0.471. The van der Waals surface area contributed by atoms with Crippen LogP contribution >= 0.6 is 24.0 Å². The normalized spacial score (nSPS) is 16.3. The zero-order chi connectivity index (χ0) is 13.8. The van der Waals surface area contributed by atoms with Gasteiger partial charge in [-0.05, 0) is 31.2 Å². The second kappa shape index (κ2) is 6.59. The third-order valence-corrected chi connectivity index (χ3v) is 4.57. The zero-order valence-corrected chi connectivity index (χ0v) is 13.0. The minimum absolute atomic E-state index is 0.471. The number of hydrogen-bond donors (Lipinski definition) is 1. The number of thiocarbonyl (C=S) groups is 1. The van der Waals surface area contributed by atoms with Crippen LogP contribution in [-0.2, 0) is 4.74 Å². The lowest BCUT2D eigenvalue weighted by Crippen LogP contribution is -2.37. The Hall–Kier alpha value is -0.780. The maximum absolute atomic E-state index is 5.93. The van der Waals surface area contributed by atoms with E-state index >= 15 is 0 Å². The van der Waals surface area contributed by atoms with Crippen LogP contribution in [0.1, 0.15) is 18.4 Å². The highest BCUT2D eigenvalue weighted by molar-refractivity contribution is 7.98. The van der Waals surface area contributed by atoms with Crippen LogP contribution in [-0.4, -0.2) is 37.5 Å². The molecule has 19 heavy (non-hydrogen) atoms. The molecule has 3 nitrogen and oxygen atoms in total. The molecule has 0 saturated carbocycles. The van der Waals surface area contributed by atoms with Gasteiger partial charge in [-0.1, -0.05) is 18.3 Å². The van der Waals surface area contributed by atoms with Crippen molar-refractivity contribution >= 4 is 34.7 Å². The molecule has 1 aromatic rings. The quantitative estimate of drug-likeness (QED) is 0.683. The van der Waals surface area contributed by atoms with Gasteiger partial charge < -0.3 is 15.4 Å². The first kappa shape index (κ1) is 14.6. The van der Waals surface area contributed by atoms with Crippen molar-refractivity contribution in [1.82, 2.24) is 0 Å². The summed E-state index contributed by atoms with van der Waals surface area (Å²) in [4.78, 5) is 3.92. The van der Waals surface area contributed by atoms with Crippen LogP contribution in [0.25, 0.3) is 0 Å². The lowest BCUT2D eigenvalue weighted by molar-refractivity contribution is 0.0855. The van der Waals surface area contributed by atoms with Crippen molar-refractivity contribution in [1.29, 1.82) is 0 Å². The molecule has 5 heteroatoms. The molecule has 1 aliphatic heterocycles. The molecular weight excluding hydrogens is 276 g/mol. The van der Waals surface area contributed by atoms with Gasteiger partial charge >= 0.3 is 0 Å². The van der Waals surface area contributed by atoms with Crippen LogP contribution < -0.4 is 10.6 Å². The van der Waals surface area contributed by atoms with E-state index in [2.05, 4.69) is 36.4 Å². The van der Waals surface area contributed by atoms with Crippen LogP contribution in [0.15, 0.2) is 23.1 Å². The molecule has 0 spiro atoms. The first-order chi connectivity index (χ1) is 9.15. The molecule has 0 unspecified atom stereocenters. The van der Waals surface area contributed by atoms with E-state index in [0.29, 0.717) is 11.0 Å². The van der Waals surface area contributed by atoms with Gasteiger partial charge in [0.15, 0.2) is 0 Å². The maximum Gasteiger partial charge on any atom is 0.107 e. The summed E-state index contributed by atoms with van der Waals surface area (Å²) in [5, 5.41) is 0. The first-order valence-corrected chi connectivity index (χ1v) is 8.06. The third kappa shape index (κ3) is 3.22. The summed E-state index contributed by atoms with van der Waals surface area (Å²) in [5.41, 5.74) is 8.05. The molecule has 0 bridgehead atoms. The number of rotatable bonds is 4. The van der Waals surface area contributed by atoms with E-state index in [1.807, 2.05) is 0 Å². The number of benzene rings is 1. The SMILES string of the molecule is CSc1cccc(N(C)C2CCOCC2)c1C(N)=S. The summed E-state index contributed by atoms with van der Waals surface area (Å²) in [6.45, 7) is 1.67. The molecule has 104 valence electrons. The van der Waals surface area contributed by atoms with E-state index in [4.69, 9.17) is 22.7 Å². The molecule has 0 radical (unpaired) electrons. The van der Waals surface area contributed by atoms with Crippen molar-refractivity contribution in [3.63, 3.8) is 0 Å². The predicted octanol–water partition coefficient (Wildman–Crippen LogP) is 2.66. The number of thioether (sulfide) groups is 1. The van der Waals surface area contributed by atoms with Gasteiger partial charge in [0, 0.05) is 42.4 Å². The average Bonchev–Trinajstić information content (AvgIpc) is 2.46. The van der Waals surface area contributed by atoms with E-state index in [9.17, 15) is 0 Å². The Balaban J connectivity index is 2.34. The maximum atomic E-state index is 5.93. The highest BCUT2D eigenvalue weighted by Gasteiger charge is 2.22.